The Balaban J connectivity index is 1.81. The first-order chi connectivity index (χ1) is 12.6. The van der Waals surface area contributed by atoms with Crippen molar-refractivity contribution in [3.63, 3.8) is 0 Å². The summed E-state index contributed by atoms with van der Waals surface area (Å²) in [5.41, 5.74) is 0.164. The Morgan fingerprint density at radius 1 is 1.31 bits per heavy atom. The summed E-state index contributed by atoms with van der Waals surface area (Å²) in [4.78, 5) is 0. The zero-order valence-electron chi connectivity index (χ0n) is 13.6. The van der Waals surface area contributed by atoms with Crippen molar-refractivity contribution < 1.29 is 13.9 Å². The number of halogens is 2. The quantitative estimate of drug-likeness (QED) is 0.504. The average Bonchev–Trinajstić information content (AvgIpc) is 2.99. The van der Waals surface area contributed by atoms with Crippen LogP contribution in [0.5, 0.6) is 11.5 Å². The predicted molar refractivity (Wildman–Crippen MR) is 99.1 cm³/mol. The Morgan fingerprint density at radius 2 is 2.08 bits per heavy atom. The van der Waals surface area contributed by atoms with Crippen LogP contribution in [0.25, 0.3) is 0 Å². The molecule has 26 heavy (non-hydrogen) atoms. The molecular weight excluding hydrogens is 379 g/mol. The second-order valence-electron chi connectivity index (χ2n) is 5.10. The van der Waals surface area contributed by atoms with E-state index in [2.05, 4.69) is 15.3 Å². The van der Waals surface area contributed by atoms with Crippen molar-refractivity contribution in [3.8, 4) is 11.5 Å². The number of ether oxygens (including phenoxy) is 2. The Hall–Kier alpha value is -2.71. The number of hydrogen-bond donors (Lipinski definition) is 1. The van der Waals surface area contributed by atoms with E-state index in [1.165, 1.54) is 23.0 Å². The average molecular weight is 393 g/mol. The second-order valence-corrected chi connectivity index (χ2v) is 5.90. The van der Waals surface area contributed by atoms with E-state index in [1.807, 2.05) is 12.1 Å². The lowest BCUT2D eigenvalue weighted by molar-refractivity contribution is 0.288. The lowest BCUT2D eigenvalue weighted by Crippen LogP contribution is -2.04. The van der Waals surface area contributed by atoms with Crippen molar-refractivity contribution in [2.75, 3.05) is 7.11 Å². The van der Waals surface area contributed by atoms with Gasteiger partial charge in [-0.25, -0.2) is 9.49 Å². The zero-order valence-corrected chi connectivity index (χ0v) is 15.2. The maximum absolute atomic E-state index is 13.9. The molecule has 0 atom stereocenters. The molecule has 1 heterocycles. The molecule has 0 fully saturated rings. The van der Waals surface area contributed by atoms with Gasteiger partial charge in [-0.05, 0) is 36.5 Å². The summed E-state index contributed by atoms with van der Waals surface area (Å²) in [6, 6.07) is 11.5. The molecule has 0 unspecified atom stereocenters. The Labute approximate surface area is 158 Å². The fraction of sp³-hybridized carbons (Fsp3) is 0.118. The molecule has 3 rings (SSSR count). The molecule has 134 valence electrons. The van der Waals surface area contributed by atoms with Crippen LogP contribution in [-0.4, -0.2) is 28.2 Å². The number of aromatic amines is 1. The molecule has 1 N–H and O–H groups in total. The molecule has 0 aliphatic carbocycles. The van der Waals surface area contributed by atoms with Crippen LogP contribution < -0.4 is 9.47 Å². The first-order valence-electron chi connectivity index (χ1n) is 7.50. The van der Waals surface area contributed by atoms with Gasteiger partial charge in [0.2, 0.25) is 4.77 Å². The highest BCUT2D eigenvalue weighted by molar-refractivity contribution is 7.71. The van der Waals surface area contributed by atoms with Crippen LogP contribution in [0.1, 0.15) is 11.4 Å². The van der Waals surface area contributed by atoms with Crippen molar-refractivity contribution in [1.29, 1.82) is 0 Å². The monoisotopic (exact) mass is 392 g/mol. The van der Waals surface area contributed by atoms with Crippen molar-refractivity contribution in [2.24, 2.45) is 5.10 Å². The number of H-pyrrole nitrogens is 1. The van der Waals surface area contributed by atoms with Gasteiger partial charge in [0.05, 0.1) is 18.3 Å². The third-order valence-electron chi connectivity index (χ3n) is 3.43. The molecule has 0 saturated heterocycles. The number of methoxy groups -OCH3 is 1. The second kappa shape index (κ2) is 8.11. The summed E-state index contributed by atoms with van der Waals surface area (Å²) >= 11 is 11.1. The molecule has 1 aromatic heterocycles. The number of rotatable bonds is 6. The molecule has 0 radical (unpaired) electrons. The number of benzene rings is 2. The normalized spacial score (nSPS) is 11.0. The number of nitrogens with one attached hydrogen (secondary N) is 1. The maximum atomic E-state index is 13.9. The highest BCUT2D eigenvalue weighted by Crippen LogP contribution is 2.20. The van der Waals surface area contributed by atoms with Crippen LogP contribution >= 0.6 is 23.8 Å². The Kier molecular flexibility index (Phi) is 5.65. The van der Waals surface area contributed by atoms with Gasteiger partial charge in [-0.3, -0.25) is 0 Å². The summed E-state index contributed by atoms with van der Waals surface area (Å²) in [6.07, 6.45) is 1.29. The van der Waals surface area contributed by atoms with Crippen LogP contribution in [0.3, 0.4) is 0 Å². The summed E-state index contributed by atoms with van der Waals surface area (Å²) in [5.74, 6) is 1.21. The predicted octanol–water partition coefficient (Wildman–Crippen LogP) is 4.20. The molecule has 3 aromatic rings. The van der Waals surface area contributed by atoms with Crippen molar-refractivity contribution in [3.05, 3.63) is 69.5 Å². The smallest absolute Gasteiger partial charge is 0.216 e. The van der Waals surface area contributed by atoms with E-state index < -0.39 is 5.82 Å². The van der Waals surface area contributed by atoms with E-state index in [4.69, 9.17) is 33.3 Å². The SMILES string of the molecule is COc1cccc(OCc2n[nH]c(=S)n2/N=C\c2c(F)cccc2Cl)c1. The third kappa shape index (κ3) is 4.09. The van der Waals surface area contributed by atoms with E-state index in [-0.39, 0.29) is 22.0 Å². The number of nitrogens with zero attached hydrogens (tertiary/aromatic N) is 3. The van der Waals surface area contributed by atoms with Gasteiger partial charge in [0.15, 0.2) is 5.82 Å². The molecule has 2 aromatic carbocycles. The minimum Gasteiger partial charge on any atom is -0.497 e. The summed E-state index contributed by atoms with van der Waals surface area (Å²) < 4.78 is 26.3. The summed E-state index contributed by atoms with van der Waals surface area (Å²) in [5, 5.41) is 11.1. The highest BCUT2D eigenvalue weighted by atomic mass is 35.5. The van der Waals surface area contributed by atoms with Crippen LogP contribution in [0.2, 0.25) is 5.02 Å². The summed E-state index contributed by atoms with van der Waals surface area (Å²) in [7, 11) is 1.58. The number of hydrogen-bond acceptors (Lipinski definition) is 5. The molecule has 0 saturated carbocycles. The van der Waals surface area contributed by atoms with Gasteiger partial charge in [0.25, 0.3) is 0 Å². The van der Waals surface area contributed by atoms with Gasteiger partial charge in [-0.2, -0.15) is 14.9 Å². The molecule has 9 heteroatoms. The van der Waals surface area contributed by atoms with E-state index in [0.29, 0.717) is 17.3 Å². The third-order valence-corrected chi connectivity index (χ3v) is 4.02. The van der Waals surface area contributed by atoms with Gasteiger partial charge in [-0.15, -0.1) is 0 Å². The fourth-order valence-electron chi connectivity index (χ4n) is 2.13. The number of aromatic nitrogens is 3. The first-order valence-corrected chi connectivity index (χ1v) is 8.28. The van der Waals surface area contributed by atoms with Crippen molar-refractivity contribution >= 4 is 30.0 Å². The zero-order chi connectivity index (χ0) is 18.5. The van der Waals surface area contributed by atoms with Crippen LogP contribution in [0.4, 0.5) is 4.39 Å². The highest BCUT2D eigenvalue weighted by Gasteiger charge is 2.08. The molecule has 0 spiro atoms. The van der Waals surface area contributed by atoms with Crippen LogP contribution in [0.15, 0.2) is 47.6 Å². The molecule has 0 aliphatic rings. The lowest BCUT2D eigenvalue weighted by atomic mass is 10.2. The van der Waals surface area contributed by atoms with Gasteiger partial charge < -0.3 is 9.47 Å². The van der Waals surface area contributed by atoms with Gasteiger partial charge in [0, 0.05) is 11.6 Å². The van der Waals surface area contributed by atoms with E-state index >= 15 is 0 Å². The van der Waals surface area contributed by atoms with Crippen molar-refractivity contribution in [2.45, 2.75) is 6.61 Å². The molecule has 6 nitrogen and oxygen atoms in total. The fourth-order valence-corrected chi connectivity index (χ4v) is 2.54. The molecule has 0 bridgehead atoms. The minimum absolute atomic E-state index is 0.0999. The van der Waals surface area contributed by atoms with Gasteiger partial charge in [-0.1, -0.05) is 23.7 Å². The van der Waals surface area contributed by atoms with Crippen LogP contribution in [-0.2, 0) is 6.61 Å². The van der Waals surface area contributed by atoms with Crippen molar-refractivity contribution in [1.82, 2.24) is 14.9 Å². The van der Waals surface area contributed by atoms with E-state index in [9.17, 15) is 4.39 Å². The van der Waals surface area contributed by atoms with E-state index in [0.717, 1.165) is 0 Å². The molecule has 0 amide bonds. The minimum atomic E-state index is -0.481. The molecular formula is C17H14ClFN4O2S. The lowest BCUT2D eigenvalue weighted by Gasteiger charge is -2.07. The first kappa shape index (κ1) is 18.1. The van der Waals surface area contributed by atoms with E-state index in [1.54, 1.807) is 25.3 Å². The van der Waals surface area contributed by atoms with Gasteiger partial charge in [0.1, 0.15) is 23.9 Å². The van der Waals surface area contributed by atoms with Gasteiger partial charge >= 0.3 is 0 Å². The summed E-state index contributed by atoms with van der Waals surface area (Å²) in [6.45, 7) is 0.0999. The standard InChI is InChI=1S/C17H14ClFN4O2S/c1-24-11-4-2-5-12(8-11)25-10-16-21-22-17(26)23(16)20-9-13-14(18)6-3-7-15(13)19/h2-9H,10H2,1H3,(H,22,26)/b20-9-. The largest absolute Gasteiger partial charge is 0.497 e. The Bertz CT molecular complexity index is 982. The Morgan fingerprint density at radius 3 is 2.85 bits per heavy atom. The maximum Gasteiger partial charge on any atom is 0.216 e. The molecule has 0 aliphatic heterocycles. The topological polar surface area (TPSA) is 64.4 Å². The van der Waals surface area contributed by atoms with Crippen LogP contribution in [0, 0.1) is 10.6 Å².